The molecule has 2 bridgehead atoms. The molecular formula is C28H33N3O7S2. The van der Waals surface area contributed by atoms with Crippen molar-refractivity contribution in [2.45, 2.75) is 45.6 Å². The van der Waals surface area contributed by atoms with E-state index in [0.29, 0.717) is 29.1 Å². The molecule has 12 heteroatoms. The molecule has 10 nitrogen and oxygen atoms in total. The van der Waals surface area contributed by atoms with Gasteiger partial charge in [0, 0.05) is 17.5 Å². The Kier molecular flexibility index (Phi) is 8.44. The maximum Gasteiger partial charge on any atom is 0.322 e. The second-order valence-electron chi connectivity index (χ2n) is 11.0. The fraction of sp³-hybridized carbons (Fsp3) is 0.429. The van der Waals surface area contributed by atoms with Crippen LogP contribution in [0.3, 0.4) is 0 Å². The Labute approximate surface area is 237 Å². The highest BCUT2D eigenvalue weighted by Gasteiger charge is 2.65. The number of sulfonamides is 1. The molecule has 3 N–H and O–H groups in total. The van der Waals surface area contributed by atoms with Crippen molar-refractivity contribution < 1.29 is 28.0 Å². The number of carboxylic acids is 1. The zero-order chi connectivity index (χ0) is 29.3. The number of benzene rings is 2. The number of Topliss-reactive ketones (excluding diaryl/α,β-unsaturated/α-hetero) is 1. The van der Waals surface area contributed by atoms with E-state index in [1.165, 1.54) is 11.8 Å². The highest BCUT2D eigenvalue weighted by Crippen LogP contribution is 2.64. The molecule has 2 aliphatic carbocycles. The lowest BCUT2D eigenvalue weighted by Gasteiger charge is -2.36. The molecule has 0 saturated heterocycles. The van der Waals surface area contributed by atoms with Crippen LogP contribution in [0.5, 0.6) is 0 Å². The van der Waals surface area contributed by atoms with Crippen molar-refractivity contribution in [2.75, 3.05) is 17.3 Å². The van der Waals surface area contributed by atoms with Gasteiger partial charge in [0.05, 0.1) is 10.7 Å². The summed E-state index contributed by atoms with van der Waals surface area (Å²) in [5.41, 5.74) is 1.55. The fourth-order valence-corrected chi connectivity index (χ4v) is 8.53. The molecule has 2 aromatic carbocycles. The maximum atomic E-state index is 13.2. The number of nitrogens with zero attached hydrogens (tertiary/aromatic N) is 1. The summed E-state index contributed by atoms with van der Waals surface area (Å²) in [6, 6.07) is 13.0. The summed E-state index contributed by atoms with van der Waals surface area (Å²) < 4.78 is 28.7. The van der Waals surface area contributed by atoms with Crippen LogP contribution in [-0.2, 0) is 26.0 Å². The van der Waals surface area contributed by atoms with E-state index < -0.39 is 43.5 Å². The minimum absolute atomic E-state index is 0.0423. The van der Waals surface area contributed by atoms with Crippen molar-refractivity contribution in [1.82, 2.24) is 4.72 Å². The number of carbonyl (C=O) groups is 2. The van der Waals surface area contributed by atoms with Gasteiger partial charge in [-0.3, -0.25) is 19.7 Å². The summed E-state index contributed by atoms with van der Waals surface area (Å²) in [6.07, 6.45) is 4.25. The van der Waals surface area contributed by atoms with Crippen molar-refractivity contribution in [3.8, 4) is 11.1 Å². The third kappa shape index (κ3) is 6.08. The van der Waals surface area contributed by atoms with Gasteiger partial charge in [-0.25, -0.2) is 13.1 Å². The SMILES string of the molecule is CS/C(=C\[N+](=O)[O-])Nc1cccc(-c2ccc(C[C@H](NS(=O)(=O)CC34CCC(CC3=O)C4(C)C)C(=O)O)cc2)c1. The number of fused-ring (bicyclic) bond motifs is 2. The molecule has 3 atom stereocenters. The highest BCUT2D eigenvalue weighted by atomic mass is 32.2. The second kappa shape index (κ2) is 11.3. The van der Waals surface area contributed by atoms with Crippen LogP contribution in [0.15, 0.2) is 59.8 Å². The summed E-state index contributed by atoms with van der Waals surface area (Å²) in [7, 11) is -4.06. The van der Waals surface area contributed by atoms with Gasteiger partial charge in [-0.05, 0) is 65.7 Å². The van der Waals surface area contributed by atoms with E-state index in [9.17, 15) is 33.2 Å². The highest BCUT2D eigenvalue weighted by molar-refractivity contribution is 8.02. The molecule has 2 aromatic rings. The predicted molar refractivity (Wildman–Crippen MR) is 155 cm³/mol. The average molecular weight is 588 g/mol. The quantitative estimate of drug-likeness (QED) is 0.240. The van der Waals surface area contributed by atoms with Gasteiger partial charge in [0.25, 0.3) is 6.20 Å². The molecule has 4 rings (SSSR count). The normalized spacial score (nSPS) is 22.7. The van der Waals surface area contributed by atoms with Gasteiger partial charge < -0.3 is 10.4 Å². The van der Waals surface area contributed by atoms with Crippen molar-refractivity contribution in [3.05, 3.63) is 75.4 Å². The molecule has 40 heavy (non-hydrogen) atoms. The lowest BCUT2D eigenvalue weighted by atomic mass is 9.70. The zero-order valence-corrected chi connectivity index (χ0v) is 24.2. The first kappa shape index (κ1) is 29.8. The molecule has 2 fully saturated rings. The third-order valence-corrected chi connectivity index (χ3v) is 10.7. The molecule has 0 aliphatic heterocycles. The lowest BCUT2D eigenvalue weighted by Crippen LogP contribution is -2.49. The standard InChI is InChI=1S/C28H33N3O7S2/c1-27(2)21-11-12-28(27,24(32)15-21)17-40(37,38)30-23(26(33)34)13-18-7-9-19(10-8-18)20-5-4-6-22(14-20)29-25(39-3)16-31(35)36/h4-10,14,16,21,23,29-30H,11-13,15,17H2,1-3H3,(H,33,34)/b25-16-/t21?,23-,28?/m0/s1. The summed E-state index contributed by atoms with van der Waals surface area (Å²) in [6.45, 7) is 3.89. The molecule has 0 spiro atoms. The minimum Gasteiger partial charge on any atom is -0.480 e. The number of carbonyl (C=O) groups excluding carboxylic acids is 1. The van der Waals surface area contributed by atoms with Gasteiger partial charge in [0.15, 0.2) is 0 Å². The van der Waals surface area contributed by atoms with Crippen molar-refractivity contribution >= 4 is 39.2 Å². The first-order chi connectivity index (χ1) is 18.8. The number of hydrogen-bond donors (Lipinski definition) is 3. The molecule has 214 valence electrons. The average Bonchev–Trinajstić information content (AvgIpc) is 3.22. The van der Waals surface area contributed by atoms with E-state index in [-0.39, 0.29) is 18.1 Å². The zero-order valence-electron chi connectivity index (χ0n) is 22.5. The smallest absolute Gasteiger partial charge is 0.322 e. The number of ketones is 1. The van der Waals surface area contributed by atoms with E-state index in [1.807, 2.05) is 44.2 Å². The van der Waals surface area contributed by atoms with Crippen molar-refractivity contribution in [3.63, 3.8) is 0 Å². The third-order valence-electron chi connectivity index (χ3n) is 8.50. The molecule has 2 saturated carbocycles. The Hall–Kier alpha value is -3.22. The molecule has 2 unspecified atom stereocenters. The van der Waals surface area contributed by atoms with Crippen LogP contribution in [0, 0.1) is 26.9 Å². The number of carboxylic acid groups (broad SMARTS) is 1. The van der Waals surface area contributed by atoms with Crippen LogP contribution >= 0.6 is 11.8 Å². The molecule has 0 amide bonds. The minimum atomic E-state index is -4.06. The molecule has 0 aromatic heterocycles. The molecule has 2 aliphatic rings. The van der Waals surface area contributed by atoms with Gasteiger partial charge in [-0.1, -0.05) is 50.2 Å². The number of aliphatic carboxylic acids is 1. The molecule has 0 radical (unpaired) electrons. The predicted octanol–water partition coefficient (Wildman–Crippen LogP) is 4.51. The Morgan fingerprint density at radius 1 is 1.23 bits per heavy atom. The van der Waals surface area contributed by atoms with Gasteiger partial charge >= 0.3 is 5.97 Å². The van der Waals surface area contributed by atoms with Gasteiger partial charge in [0.1, 0.15) is 16.9 Å². The Morgan fingerprint density at radius 3 is 2.48 bits per heavy atom. The largest absolute Gasteiger partial charge is 0.480 e. The van der Waals surface area contributed by atoms with E-state index in [4.69, 9.17) is 0 Å². The molecule has 0 heterocycles. The maximum absolute atomic E-state index is 13.2. The summed E-state index contributed by atoms with van der Waals surface area (Å²) in [5.74, 6) is -1.58. The van der Waals surface area contributed by atoms with Crippen molar-refractivity contribution in [2.24, 2.45) is 16.7 Å². The number of nitrogens with one attached hydrogen (secondary N) is 2. The number of rotatable bonds is 12. The number of nitro groups is 1. The summed E-state index contributed by atoms with van der Waals surface area (Å²) in [5, 5.41) is 24.0. The monoisotopic (exact) mass is 587 g/mol. The van der Waals surface area contributed by atoms with E-state index in [2.05, 4.69) is 10.0 Å². The molecular weight excluding hydrogens is 554 g/mol. The van der Waals surface area contributed by atoms with Crippen molar-refractivity contribution in [1.29, 1.82) is 0 Å². The first-order valence-electron chi connectivity index (χ1n) is 12.9. The van der Waals surface area contributed by atoms with Crippen LogP contribution in [0.4, 0.5) is 5.69 Å². The van der Waals surface area contributed by atoms with Crippen LogP contribution in [-0.4, -0.2) is 48.3 Å². The van der Waals surface area contributed by atoms with E-state index in [0.717, 1.165) is 23.7 Å². The number of hydrogen-bond acceptors (Lipinski definition) is 8. The van der Waals surface area contributed by atoms with Crippen LogP contribution in [0.1, 0.15) is 38.7 Å². The summed E-state index contributed by atoms with van der Waals surface area (Å²) in [4.78, 5) is 35.1. The lowest BCUT2D eigenvalue weighted by molar-refractivity contribution is -0.402. The Balaban J connectivity index is 1.46. The number of thioether (sulfide) groups is 1. The van der Waals surface area contributed by atoms with Gasteiger partial charge in [-0.2, -0.15) is 0 Å². The van der Waals surface area contributed by atoms with Gasteiger partial charge in [-0.15, -0.1) is 11.8 Å². The first-order valence-corrected chi connectivity index (χ1v) is 15.8. The second-order valence-corrected chi connectivity index (χ2v) is 13.6. The number of anilines is 1. The fourth-order valence-electron chi connectivity index (χ4n) is 6.09. The summed E-state index contributed by atoms with van der Waals surface area (Å²) >= 11 is 1.21. The Bertz CT molecular complexity index is 1450. The topological polar surface area (TPSA) is 156 Å². The van der Waals surface area contributed by atoms with Crippen LogP contribution < -0.4 is 10.0 Å². The van der Waals surface area contributed by atoms with E-state index in [1.54, 1.807) is 24.5 Å². The van der Waals surface area contributed by atoms with E-state index >= 15 is 0 Å². The van der Waals surface area contributed by atoms with Crippen LogP contribution in [0.25, 0.3) is 11.1 Å². The van der Waals surface area contributed by atoms with Crippen LogP contribution in [0.2, 0.25) is 0 Å². The van der Waals surface area contributed by atoms with Gasteiger partial charge in [0.2, 0.25) is 10.0 Å². The Morgan fingerprint density at radius 2 is 1.93 bits per heavy atom.